The van der Waals surface area contributed by atoms with E-state index < -0.39 is 0 Å². The Morgan fingerprint density at radius 3 is 0.978 bits per heavy atom. The van der Waals surface area contributed by atoms with E-state index in [1.165, 1.54) is 0 Å². The number of hydrogen-bond acceptors (Lipinski definition) is 9. The molecule has 0 saturated heterocycles. The molecule has 45 heavy (non-hydrogen) atoms. The molecule has 0 atom stereocenters. The highest BCUT2D eigenvalue weighted by molar-refractivity contribution is 5.86. The van der Waals surface area contributed by atoms with Crippen LogP contribution in [0.1, 0.15) is 0 Å². The highest BCUT2D eigenvalue weighted by atomic mass is 16.5. The number of fused-ring (bicyclic) bond motifs is 2. The lowest BCUT2D eigenvalue weighted by molar-refractivity contribution is 0.484. The molecule has 8 aromatic rings. The highest BCUT2D eigenvalue weighted by Crippen LogP contribution is 2.33. The standard InChI is InChI=1S/C36H22N8O/c1-5-17-37-27(9-1)33-35(29-11-3-7-19-39-29)43-31-21-23(13-15-25(31)41-33)45-24-14-16-26-32(22-24)44-36(30-12-4-8-20-40-30)34(42-26)28-10-2-6-18-38-28/h1-22H. The van der Waals surface area contributed by atoms with Crippen LogP contribution in [-0.2, 0) is 0 Å². The first-order valence-electron chi connectivity index (χ1n) is 14.3. The fourth-order valence-electron chi connectivity index (χ4n) is 5.06. The topological polar surface area (TPSA) is 112 Å². The first-order valence-corrected chi connectivity index (χ1v) is 14.3. The van der Waals surface area contributed by atoms with Gasteiger partial charge in [-0.2, -0.15) is 0 Å². The maximum Gasteiger partial charge on any atom is 0.129 e. The van der Waals surface area contributed by atoms with Crippen molar-refractivity contribution in [2.75, 3.05) is 0 Å². The van der Waals surface area contributed by atoms with Crippen molar-refractivity contribution in [3.05, 3.63) is 134 Å². The van der Waals surface area contributed by atoms with Gasteiger partial charge in [-0.1, -0.05) is 24.3 Å². The van der Waals surface area contributed by atoms with Gasteiger partial charge in [0.05, 0.1) is 44.8 Å². The molecular weight excluding hydrogens is 560 g/mol. The summed E-state index contributed by atoms with van der Waals surface area (Å²) in [4.78, 5) is 37.9. The van der Waals surface area contributed by atoms with Crippen molar-refractivity contribution >= 4 is 22.1 Å². The summed E-state index contributed by atoms with van der Waals surface area (Å²) >= 11 is 0. The number of pyridine rings is 4. The summed E-state index contributed by atoms with van der Waals surface area (Å²) in [6.07, 6.45) is 6.97. The molecule has 0 spiro atoms. The molecule has 0 fully saturated rings. The van der Waals surface area contributed by atoms with Gasteiger partial charge in [0.15, 0.2) is 0 Å². The third-order valence-electron chi connectivity index (χ3n) is 7.14. The molecule has 9 nitrogen and oxygen atoms in total. The van der Waals surface area contributed by atoms with Crippen molar-refractivity contribution in [2.24, 2.45) is 0 Å². The molecule has 0 saturated carbocycles. The Kier molecular flexibility index (Phi) is 6.58. The van der Waals surface area contributed by atoms with Crippen LogP contribution in [0, 0.1) is 0 Å². The molecule has 0 bridgehead atoms. The van der Waals surface area contributed by atoms with E-state index in [2.05, 4.69) is 19.9 Å². The largest absolute Gasteiger partial charge is 0.457 e. The zero-order valence-electron chi connectivity index (χ0n) is 23.7. The zero-order valence-corrected chi connectivity index (χ0v) is 23.7. The van der Waals surface area contributed by atoms with Gasteiger partial charge in [0.1, 0.15) is 34.3 Å². The Morgan fingerprint density at radius 1 is 0.333 bits per heavy atom. The monoisotopic (exact) mass is 582 g/mol. The number of ether oxygens (including phenoxy) is 1. The molecule has 0 radical (unpaired) electrons. The highest BCUT2D eigenvalue weighted by Gasteiger charge is 2.17. The zero-order chi connectivity index (χ0) is 30.0. The lowest BCUT2D eigenvalue weighted by Gasteiger charge is -2.12. The lowest BCUT2D eigenvalue weighted by atomic mass is 10.1. The predicted octanol–water partition coefficient (Wildman–Crippen LogP) is 7.61. The fraction of sp³-hybridized carbons (Fsp3) is 0. The van der Waals surface area contributed by atoms with Gasteiger partial charge in [0, 0.05) is 36.9 Å². The molecule has 212 valence electrons. The number of rotatable bonds is 6. The maximum absolute atomic E-state index is 6.32. The number of aromatic nitrogens is 8. The first-order chi connectivity index (χ1) is 22.3. The summed E-state index contributed by atoms with van der Waals surface area (Å²) in [5, 5.41) is 0. The van der Waals surface area contributed by atoms with Crippen LogP contribution in [-0.4, -0.2) is 39.9 Å². The second kappa shape index (κ2) is 11.3. The Bertz CT molecular complexity index is 2120. The van der Waals surface area contributed by atoms with Crippen molar-refractivity contribution in [1.82, 2.24) is 39.9 Å². The quantitative estimate of drug-likeness (QED) is 0.195. The number of hydrogen-bond donors (Lipinski definition) is 0. The van der Waals surface area contributed by atoms with Crippen molar-refractivity contribution in [3.8, 4) is 57.1 Å². The van der Waals surface area contributed by atoms with E-state index in [0.29, 0.717) is 67.7 Å². The van der Waals surface area contributed by atoms with E-state index in [-0.39, 0.29) is 0 Å². The van der Waals surface area contributed by atoms with Crippen LogP contribution in [0.15, 0.2) is 134 Å². The molecule has 0 amide bonds. The van der Waals surface area contributed by atoms with E-state index in [1.807, 2.05) is 109 Å². The van der Waals surface area contributed by atoms with Gasteiger partial charge in [-0.25, -0.2) is 19.9 Å². The van der Waals surface area contributed by atoms with Gasteiger partial charge in [-0.05, 0) is 72.8 Å². The summed E-state index contributed by atoms with van der Waals surface area (Å²) in [6.45, 7) is 0. The summed E-state index contributed by atoms with van der Waals surface area (Å²) in [6, 6.07) is 34.2. The van der Waals surface area contributed by atoms with Crippen LogP contribution in [0.2, 0.25) is 0 Å². The molecule has 0 aliphatic heterocycles. The second-order valence-corrected chi connectivity index (χ2v) is 10.1. The molecule has 0 N–H and O–H groups in total. The second-order valence-electron chi connectivity index (χ2n) is 10.1. The van der Waals surface area contributed by atoms with Crippen LogP contribution >= 0.6 is 0 Å². The lowest BCUT2D eigenvalue weighted by Crippen LogP contribution is -1.99. The van der Waals surface area contributed by atoms with Crippen molar-refractivity contribution < 1.29 is 4.74 Å². The van der Waals surface area contributed by atoms with Crippen molar-refractivity contribution in [3.63, 3.8) is 0 Å². The van der Waals surface area contributed by atoms with Crippen LogP contribution in [0.5, 0.6) is 11.5 Å². The third kappa shape index (κ3) is 5.19. The molecule has 2 aromatic carbocycles. The van der Waals surface area contributed by atoms with Crippen LogP contribution < -0.4 is 4.74 Å². The van der Waals surface area contributed by atoms with Crippen LogP contribution in [0.4, 0.5) is 0 Å². The van der Waals surface area contributed by atoms with Crippen LogP contribution in [0.3, 0.4) is 0 Å². The Hall–Kier alpha value is -6.48. The normalized spacial score (nSPS) is 11.1. The molecule has 0 aliphatic rings. The van der Waals surface area contributed by atoms with Gasteiger partial charge >= 0.3 is 0 Å². The molecule has 0 unspecified atom stereocenters. The Labute approximate surface area is 257 Å². The predicted molar refractivity (Wildman–Crippen MR) is 172 cm³/mol. The maximum atomic E-state index is 6.32. The average molecular weight is 583 g/mol. The van der Waals surface area contributed by atoms with E-state index in [1.54, 1.807) is 24.8 Å². The van der Waals surface area contributed by atoms with Gasteiger partial charge in [0.2, 0.25) is 0 Å². The Balaban J connectivity index is 1.19. The minimum absolute atomic E-state index is 0.608. The van der Waals surface area contributed by atoms with Gasteiger partial charge in [-0.15, -0.1) is 0 Å². The summed E-state index contributed by atoms with van der Waals surface area (Å²) in [5.74, 6) is 1.22. The number of benzene rings is 2. The minimum Gasteiger partial charge on any atom is -0.457 e. The number of nitrogens with zero attached hydrogens (tertiary/aromatic N) is 8. The van der Waals surface area contributed by atoms with E-state index in [4.69, 9.17) is 24.7 Å². The first kappa shape index (κ1) is 26.2. The smallest absolute Gasteiger partial charge is 0.129 e. The van der Waals surface area contributed by atoms with Crippen molar-refractivity contribution in [1.29, 1.82) is 0 Å². The molecule has 6 heterocycles. The van der Waals surface area contributed by atoms with E-state index >= 15 is 0 Å². The van der Waals surface area contributed by atoms with Crippen molar-refractivity contribution in [2.45, 2.75) is 0 Å². The molecule has 0 aliphatic carbocycles. The Morgan fingerprint density at radius 2 is 0.667 bits per heavy atom. The molecular formula is C36H22N8O. The van der Waals surface area contributed by atoms with Gasteiger partial charge < -0.3 is 4.74 Å². The third-order valence-corrected chi connectivity index (χ3v) is 7.14. The summed E-state index contributed by atoms with van der Waals surface area (Å²) in [5.41, 5.74) is 8.26. The fourth-order valence-corrected chi connectivity index (χ4v) is 5.06. The van der Waals surface area contributed by atoms with Gasteiger partial charge in [0.25, 0.3) is 0 Å². The molecule has 8 rings (SSSR count). The molecule has 9 heteroatoms. The molecule has 6 aromatic heterocycles. The summed E-state index contributed by atoms with van der Waals surface area (Å²) in [7, 11) is 0. The van der Waals surface area contributed by atoms with Crippen LogP contribution in [0.25, 0.3) is 67.6 Å². The minimum atomic E-state index is 0.608. The average Bonchev–Trinajstić information content (AvgIpc) is 3.12. The van der Waals surface area contributed by atoms with E-state index in [0.717, 1.165) is 11.4 Å². The summed E-state index contributed by atoms with van der Waals surface area (Å²) < 4.78 is 6.32. The SMILES string of the molecule is c1ccc(-c2nc3ccc(Oc4ccc5nc(-c6ccccn6)c(-c6ccccn6)nc5c4)cc3nc2-c2ccccn2)nc1. The van der Waals surface area contributed by atoms with E-state index in [9.17, 15) is 0 Å². The van der Waals surface area contributed by atoms with Gasteiger partial charge in [-0.3, -0.25) is 19.9 Å².